The number of benzene rings is 1. The lowest BCUT2D eigenvalue weighted by atomic mass is 9.82. The van der Waals surface area contributed by atoms with Crippen molar-refractivity contribution in [1.82, 2.24) is 5.32 Å². The van der Waals surface area contributed by atoms with Gasteiger partial charge < -0.3 is 10.1 Å². The highest BCUT2D eigenvalue weighted by atomic mass is 16.5. The Labute approximate surface area is 153 Å². The van der Waals surface area contributed by atoms with Crippen LogP contribution in [0.15, 0.2) is 24.3 Å². The predicted molar refractivity (Wildman–Crippen MR) is 104 cm³/mol. The first-order valence-electron chi connectivity index (χ1n) is 10.0. The molecule has 3 heteroatoms. The van der Waals surface area contributed by atoms with Crippen LogP contribution in [-0.4, -0.2) is 18.6 Å². The summed E-state index contributed by atoms with van der Waals surface area (Å²) in [5.74, 6) is 1.07. The molecule has 1 fully saturated rings. The van der Waals surface area contributed by atoms with E-state index in [1.165, 1.54) is 31.2 Å². The van der Waals surface area contributed by atoms with Gasteiger partial charge in [-0.05, 0) is 48.8 Å². The monoisotopic (exact) mass is 345 g/mol. The van der Waals surface area contributed by atoms with Crippen molar-refractivity contribution in [3.63, 3.8) is 0 Å². The fourth-order valence-electron chi connectivity index (χ4n) is 3.35. The molecule has 0 radical (unpaired) electrons. The van der Waals surface area contributed by atoms with Crippen LogP contribution < -0.4 is 10.1 Å². The quantitative estimate of drug-likeness (QED) is 0.508. The van der Waals surface area contributed by atoms with Crippen LogP contribution in [0, 0.1) is 0 Å². The SMILES string of the molecule is CCC(C)(C)c1ccc(OCCCC(=O)NC2CCCCCC2)cc1. The van der Waals surface area contributed by atoms with Gasteiger partial charge in [0.25, 0.3) is 0 Å². The number of carbonyl (C=O) groups is 1. The molecule has 0 aromatic heterocycles. The fraction of sp³-hybridized carbons (Fsp3) is 0.682. The molecule has 1 aromatic carbocycles. The maximum atomic E-state index is 12.1. The summed E-state index contributed by atoms with van der Waals surface area (Å²) in [6.45, 7) is 7.32. The fourth-order valence-corrected chi connectivity index (χ4v) is 3.35. The lowest BCUT2D eigenvalue weighted by Crippen LogP contribution is -2.34. The van der Waals surface area contributed by atoms with Crippen LogP contribution in [0.5, 0.6) is 5.75 Å². The molecule has 0 atom stereocenters. The maximum absolute atomic E-state index is 12.1. The lowest BCUT2D eigenvalue weighted by molar-refractivity contribution is -0.122. The Bertz CT molecular complexity index is 513. The van der Waals surface area contributed by atoms with Gasteiger partial charge in [-0.25, -0.2) is 0 Å². The van der Waals surface area contributed by atoms with Crippen LogP contribution >= 0.6 is 0 Å². The summed E-state index contributed by atoms with van der Waals surface area (Å²) in [5, 5.41) is 3.19. The molecule has 0 bridgehead atoms. The molecule has 1 amide bonds. The van der Waals surface area contributed by atoms with Crippen LogP contribution in [0.1, 0.15) is 84.1 Å². The summed E-state index contributed by atoms with van der Waals surface area (Å²) < 4.78 is 5.79. The minimum Gasteiger partial charge on any atom is -0.494 e. The molecular weight excluding hydrogens is 310 g/mol. The van der Waals surface area contributed by atoms with Gasteiger partial charge in [0.15, 0.2) is 0 Å². The van der Waals surface area contributed by atoms with Crippen molar-refractivity contribution in [1.29, 1.82) is 0 Å². The molecule has 25 heavy (non-hydrogen) atoms. The van der Waals surface area contributed by atoms with E-state index in [0.717, 1.165) is 31.4 Å². The molecule has 0 spiro atoms. The van der Waals surface area contributed by atoms with E-state index in [1.807, 2.05) is 12.1 Å². The van der Waals surface area contributed by atoms with E-state index < -0.39 is 0 Å². The molecule has 1 N–H and O–H groups in total. The van der Waals surface area contributed by atoms with Gasteiger partial charge in [-0.2, -0.15) is 0 Å². The van der Waals surface area contributed by atoms with Crippen LogP contribution in [0.4, 0.5) is 0 Å². The largest absolute Gasteiger partial charge is 0.494 e. The molecule has 3 nitrogen and oxygen atoms in total. The summed E-state index contributed by atoms with van der Waals surface area (Å²) in [6.07, 6.45) is 9.84. The first kappa shape index (κ1) is 19.8. The summed E-state index contributed by atoms with van der Waals surface area (Å²) in [5.41, 5.74) is 1.54. The Morgan fingerprint density at radius 3 is 2.36 bits per heavy atom. The minimum absolute atomic E-state index is 0.176. The number of rotatable bonds is 8. The lowest BCUT2D eigenvalue weighted by Gasteiger charge is -2.23. The number of hydrogen-bond acceptors (Lipinski definition) is 2. The third kappa shape index (κ3) is 6.72. The second-order valence-electron chi connectivity index (χ2n) is 7.97. The Morgan fingerprint density at radius 2 is 1.76 bits per heavy atom. The number of nitrogens with one attached hydrogen (secondary N) is 1. The van der Waals surface area contributed by atoms with Gasteiger partial charge in [0.2, 0.25) is 5.91 Å². The Kier molecular flexibility index (Phi) is 7.80. The van der Waals surface area contributed by atoms with Gasteiger partial charge in [-0.1, -0.05) is 58.6 Å². The second kappa shape index (κ2) is 9.84. The molecule has 2 rings (SSSR count). The molecule has 1 aliphatic carbocycles. The smallest absolute Gasteiger partial charge is 0.220 e. The van der Waals surface area contributed by atoms with Crippen LogP contribution in [-0.2, 0) is 10.2 Å². The van der Waals surface area contributed by atoms with Crippen molar-refractivity contribution in [3.8, 4) is 5.75 Å². The molecule has 1 aromatic rings. The van der Waals surface area contributed by atoms with E-state index in [9.17, 15) is 4.79 Å². The third-order valence-electron chi connectivity index (χ3n) is 5.56. The van der Waals surface area contributed by atoms with Crippen molar-refractivity contribution in [3.05, 3.63) is 29.8 Å². The topological polar surface area (TPSA) is 38.3 Å². The minimum atomic E-state index is 0.176. The van der Waals surface area contributed by atoms with Gasteiger partial charge in [0.05, 0.1) is 6.61 Å². The normalized spacial score (nSPS) is 16.3. The molecule has 1 saturated carbocycles. The first-order chi connectivity index (χ1) is 12.0. The molecule has 0 aliphatic heterocycles. The summed E-state index contributed by atoms with van der Waals surface area (Å²) in [7, 11) is 0. The van der Waals surface area contributed by atoms with E-state index >= 15 is 0 Å². The van der Waals surface area contributed by atoms with Crippen molar-refractivity contribution < 1.29 is 9.53 Å². The number of amides is 1. The van der Waals surface area contributed by atoms with E-state index in [1.54, 1.807) is 0 Å². The Balaban J connectivity index is 1.66. The van der Waals surface area contributed by atoms with Gasteiger partial charge >= 0.3 is 0 Å². The van der Waals surface area contributed by atoms with Crippen LogP contribution in [0.2, 0.25) is 0 Å². The van der Waals surface area contributed by atoms with Gasteiger partial charge in [0.1, 0.15) is 5.75 Å². The van der Waals surface area contributed by atoms with Gasteiger partial charge in [-0.3, -0.25) is 4.79 Å². The summed E-state index contributed by atoms with van der Waals surface area (Å²) >= 11 is 0. The van der Waals surface area contributed by atoms with Crippen molar-refractivity contribution >= 4 is 5.91 Å². The maximum Gasteiger partial charge on any atom is 0.220 e. The van der Waals surface area contributed by atoms with E-state index in [4.69, 9.17) is 4.74 Å². The summed E-state index contributed by atoms with van der Waals surface area (Å²) in [6, 6.07) is 8.77. The standard InChI is InChI=1S/C22H35NO2/c1-4-22(2,3)18-13-15-20(16-14-18)25-17-9-12-21(24)23-19-10-7-5-6-8-11-19/h13-16,19H,4-12,17H2,1-3H3,(H,23,24). The zero-order valence-corrected chi connectivity index (χ0v) is 16.3. The highest BCUT2D eigenvalue weighted by molar-refractivity contribution is 5.76. The summed E-state index contributed by atoms with van der Waals surface area (Å²) in [4.78, 5) is 12.1. The number of hydrogen-bond donors (Lipinski definition) is 1. The average Bonchev–Trinajstić information content (AvgIpc) is 2.88. The van der Waals surface area contributed by atoms with Crippen molar-refractivity contribution in [2.75, 3.05) is 6.61 Å². The van der Waals surface area contributed by atoms with Crippen molar-refractivity contribution in [2.45, 2.75) is 90.0 Å². The number of carbonyl (C=O) groups excluding carboxylic acids is 1. The zero-order valence-electron chi connectivity index (χ0n) is 16.3. The Morgan fingerprint density at radius 1 is 1.12 bits per heavy atom. The highest BCUT2D eigenvalue weighted by Crippen LogP contribution is 2.28. The molecule has 140 valence electrons. The van der Waals surface area contributed by atoms with E-state index in [-0.39, 0.29) is 11.3 Å². The van der Waals surface area contributed by atoms with Crippen LogP contribution in [0.3, 0.4) is 0 Å². The molecule has 0 saturated heterocycles. The Hall–Kier alpha value is -1.51. The average molecular weight is 346 g/mol. The van der Waals surface area contributed by atoms with Crippen LogP contribution in [0.25, 0.3) is 0 Å². The first-order valence-corrected chi connectivity index (χ1v) is 10.0. The zero-order chi connectivity index (χ0) is 18.1. The van der Waals surface area contributed by atoms with Crippen molar-refractivity contribution in [2.24, 2.45) is 0 Å². The molecule has 0 heterocycles. The second-order valence-corrected chi connectivity index (χ2v) is 7.97. The third-order valence-corrected chi connectivity index (χ3v) is 5.56. The number of ether oxygens (including phenoxy) is 1. The molecule has 1 aliphatic rings. The molecule has 0 unspecified atom stereocenters. The van der Waals surface area contributed by atoms with Gasteiger partial charge in [-0.15, -0.1) is 0 Å². The molecular formula is C22H35NO2. The van der Waals surface area contributed by atoms with E-state index in [2.05, 4.69) is 38.2 Å². The highest BCUT2D eigenvalue weighted by Gasteiger charge is 2.17. The predicted octanol–water partition coefficient (Wildman–Crippen LogP) is 5.37. The van der Waals surface area contributed by atoms with E-state index in [0.29, 0.717) is 19.1 Å². The van der Waals surface area contributed by atoms with Gasteiger partial charge in [0, 0.05) is 12.5 Å².